The maximum absolute atomic E-state index is 13.9. The molecule has 3 N–H and O–H groups in total. The number of pyridine rings is 1. The summed E-state index contributed by atoms with van der Waals surface area (Å²) in [6, 6.07) is 13.1. The Kier molecular flexibility index (Phi) is 6.78. The van der Waals surface area contributed by atoms with Gasteiger partial charge in [0.1, 0.15) is 17.8 Å². The van der Waals surface area contributed by atoms with Gasteiger partial charge in [0.05, 0.1) is 34.6 Å². The Morgan fingerprint density at radius 2 is 1.86 bits per heavy atom. The number of nitrogens with zero attached hydrogens (tertiary/aromatic N) is 6. The lowest BCUT2D eigenvalue weighted by atomic mass is 9.95. The Morgan fingerprint density at radius 3 is 2.53 bits per heavy atom. The van der Waals surface area contributed by atoms with Crippen molar-refractivity contribution in [1.29, 1.82) is 10.5 Å². The van der Waals surface area contributed by atoms with Crippen molar-refractivity contribution in [3.8, 4) is 12.1 Å². The van der Waals surface area contributed by atoms with Crippen molar-refractivity contribution in [1.82, 2.24) is 25.3 Å². The summed E-state index contributed by atoms with van der Waals surface area (Å²) >= 11 is 0. The van der Waals surface area contributed by atoms with Gasteiger partial charge >= 0.3 is 6.18 Å². The molecule has 1 aliphatic heterocycles. The molecular formula is C31H30F3N9. The third-order valence-corrected chi connectivity index (χ3v) is 8.05. The number of hydrogen-bond donors (Lipinski definition) is 3. The van der Waals surface area contributed by atoms with Gasteiger partial charge in [-0.25, -0.2) is 4.68 Å². The van der Waals surface area contributed by atoms with Gasteiger partial charge in [-0.15, -0.1) is 5.10 Å². The van der Waals surface area contributed by atoms with Crippen molar-refractivity contribution in [3.63, 3.8) is 0 Å². The summed E-state index contributed by atoms with van der Waals surface area (Å²) in [4.78, 5) is 4.42. The molecule has 3 heterocycles. The van der Waals surface area contributed by atoms with Crippen LogP contribution in [0, 0.1) is 28.1 Å². The Balaban J connectivity index is 1.48. The van der Waals surface area contributed by atoms with Crippen LogP contribution in [0.3, 0.4) is 0 Å². The number of anilines is 2. The minimum Gasteiger partial charge on any atom is -0.383 e. The van der Waals surface area contributed by atoms with E-state index in [0.29, 0.717) is 58.7 Å². The maximum Gasteiger partial charge on any atom is 0.413 e. The number of halogens is 3. The third-order valence-electron chi connectivity index (χ3n) is 8.05. The first-order chi connectivity index (χ1) is 20.4. The van der Waals surface area contributed by atoms with Crippen molar-refractivity contribution < 1.29 is 13.2 Å². The number of rotatable bonds is 7. The molecule has 9 nitrogen and oxygen atoms in total. The fourth-order valence-electron chi connectivity index (χ4n) is 5.59. The zero-order valence-corrected chi connectivity index (χ0v) is 24.0. The van der Waals surface area contributed by atoms with Crippen LogP contribution < -0.4 is 16.0 Å². The normalized spacial score (nSPS) is 16.3. The van der Waals surface area contributed by atoms with Crippen LogP contribution in [0.1, 0.15) is 73.2 Å². The van der Waals surface area contributed by atoms with Crippen LogP contribution in [0.2, 0.25) is 0 Å². The molecule has 2 aliphatic rings. The first-order valence-electron chi connectivity index (χ1n) is 14.0. The molecule has 12 heteroatoms. The monoisotopic (exact) mass is 585 g/mol. The van der Waals surface area contributed by atoms with E-state index in [4.69, 9.17) is 0 Å². The van der Waals surface area contributed by atoms with Crippen LogP contribution in [0.15, 0.2) is 42.7 Å². The van der Waals surface area contributed by atoms with Gasteiger partial charge in [-0.3, -0.25) is 4.98 Å². The molecule has 0 spiro atoms. The van der Waals surface area contributed by atoms with Crippen molar-refractivity contribution >= 4 is 22.3 Å². The smallest absolute Gasteiger partial charge is 0.383 e. The Hall–Kier alpha value is -4.68. The average molecular weight is 586 g/mol. The van der Waals surface area contributed by atoms with E-state index in [0.717, 1.165) is 21.4 Å². The van der Waals surface area contributed by atoms with E-state index in [1.165, 1.54) is 12.4 Å². The van der Waals surface area contributed by atoms with Crippen molar-refractivity contribution in [2.45, 2.75) is 64.5 Å². The van der Waals surface area contributed by atoms with Crippen LogP contribution in [0.4, 0.5) is 24.5 Å². The number of nitriles is 2. The molecule has 4 aromatic rings. The summed E-state index contributed by atoms with van der Waals surface area (Å²) in [5.74, 6) is 0. The lowest BCUT2D eigenvalue weighted by Crippen LogP contribution is -2.35. The molecule has 0 unspecified atom stereocenters. The molecule has 2 aromatic heterocycles. The van der Waals surface area contributed by atoms with E-state index in [1.807, 2.05) is 24.3 Å². The van der Waals surface area contributed by atoms with E-state index >= 15 is 0 Å². The van der Waals surface area contributed by atoms with Crippen molar-refractivity contribution in [2.24, 2.45) is 5.41 Å². The minimum absolute atomic E-state index is 0.0448. The van der Waals surface area contributed by atoms with Gasteiger partial charge in [-0.2, -0.15) is 23.7 Å². The molecule has 2 aromatic carbocycles. The summed E-state index contributed by atoms with van der Waals surface area (Å²) in [5, 5.41) is 38.9. The first-order valence-corrected chi connectivity index (χ1v) is 14.0. The highest BCUT2D eigenvalue weighted by atomic mass is 19.4. The summed E-state index contributed by atoms with van der Waals surface area (Å²) in [7, 11) is 0. The second-order valence-electron chi connectivity index (χ2n) is 12.4. The number of aromatic nitrogens is 4. The topological polar surface area (TPSA) is 127 Å². The fraction of sp³-hybridized carbons (Fsp3) is 0.387. The molecule has 0 radical (unpaired) electrons. The number of alkyl halides is 3. The standard InChI is InChI=1S/C31H30F3N9/c1-29(2,3)17-39-27-20(12-36)14-38-26-19(11-35)9-21(10-23(26)27)40-28(22-6-4-5-18-13-37-15-24(18)22)25-16-43(42-41-25)30(7-8-30)31(32,33)34/h4-6,9-10,14,16,28,37,40H,7-8,13,15,17H2,1-3H3,(H,38,39)/t28-/m0/s1. The third kappa shape index (κ3) is 5.12. The first kappa shape index (κ1) is 28.4. The van der Waals surface area contributed by atoms with Crippen molar-refractivity contribution in [2.75, 3.05) is 17.2 Å². The van der Waals surface area contributed by atoms with Gasteiger partial charge < -0.3 is 16.0 Å². The Morgan fingerprint density at radius 1 is 1.09 bits per heavy atom. The van der Waals surface area contributed by atoms with Crippen LogP contribution in [-0.4, -0.2) is 32.7 Å². The number of hydrogen-bond acceptors (Lipinski definition) is 8. The van der Waals surface area contributed by atoms with Crippen molar-refractivity contribution in [3.05, 3.63) is 76.2 Å². The van der Waals surface area contributed by atoms with Crippen LogP contribution in [0.5, 0.6) is 0 Å². The van der Waals surface area contributed by atoms with E-state index in [1.54, 1.807) is 6.07 Å². The predicted molar refractivity (Wildman–Crippen MR) is 155 cm³/mol. The van der Waals surface area contributed by atoms with E-state index in [-0.39, 0.29) is 18.3 Å². The van der Waals surface area contributed by atoms with Gasteiger partial charge in [-0.05, 0) is 47.1 Å². The fourth-order valence-corrected chi connectivity index (χ4v) is 5.59. The van der Waals surface area contributed by atoms with Crippen LogP contribution >= 0.6 is 0 Å². The molecule has 1 aliphatic carbocycles. The molecule has 1 saturated carbocycles. The highest BCUT2D eigenvalue weighted by Gasteiger charge is 2.66. The molecule has 0 amide bonds. The predicted octanol–water partition coefficient (Wildman–Crippen LogP) is 5.88. The number of fused-ring (bicyclic) bond motifs is 2. The largest absolute Gasteiger partial charge is 0.413 e. The van der Waals surface area contributed by atoms with Gasteiger partial charge in [0.25, 0.3) is 0 Å². The maximum atomic E-state index is 13.9. The van der Waals surface area contributed by atoms with Gasteiger partial charge in [0.2, 0.25) is 0 Å². The van der Waals surface area contributed by atoms with E-state index in [9.17, 15) is 23.7 Å². The molecule has 6 rings (SSSR count). The number of nitrogens with one attached hydrogen (secondary N) is 3. The zero-order valence-electron chi connectivity index (χ0n) is 24.0. The molecular weight excluding hydrogens is 555 g/mol. The molecule has 43 heavy (non-hydrogen) atoms. The summed E-state index contributed by atoms with van der Waals surface area (Å²) in [5.41, 5.74) is 3.34. The summed E-state index contributed by atoms with van der Waals surface area (Å²) < 4.78 is 42.7. The molecule has 0 bridgehead atoms. The van der Waals surface area contributed by atoms with Gasteiger partial charge in [0, 0.05) is 36.9 Å². The van der Waals surface area contributed by atoms with Gasteiger partial charge in [-0.1, -0.05) is 44.2 Å². The lowest BCUT2D eigenvalue weighted by Gasteiger charge is -2.23. The van der Waals surface area contributed by atoms with Crippen LogP contribution in [0.25, 0.3) is 10.9 Å². The lowest BCUT2D eigenvalue weighted by molar-refractivity contribution is -0.182. The zero-order chi connectivity index (χ0) is 30.6. The summed E-state index contributed by atoms with van der Waals surface area (Å²) in [6.07, 6.45) is -1.71. The molecule has 0 saturated heterocycles. The second-order valence-corrected chi connectivity index (χ2v) is 12.4. The quantitative estimate of drug-likeness (QED) is 0.245. The second kappa shape index (κ2) is 10.2. The Labute approximate surface area is 246 Å². The molecule has 220 valence electrons. The average Bonchev–Trinajstić information content (AvgIpc) is 3.41. The number of benzene rings is 2. The van der Waals surface area contributed by atoms with E-state index in [2.05, 4.69) is 64.2 Å². The molecule has 1 atom stereocenters. The highest BCUT2D eigenvalue weighted by molar-refractivity contribution is 5.99. The SMILES string of the molecule is CC(C)(C)CNc1c(C#N)cnc2c(C#N)cc(N[C@H](c3cn(C4(C(F)(F)F)CC4)nn3)c3cccc4c3CNC4)cc12. The minimum atomic E-state index is -4.44. The molecule has 1 fully saturated rings. The highest BCUT2D eigenvalue weighted by Crippen LogP contribution is 2.55. The van der Waals surface area contributed by atoms with E-state index < -0.39 is 17.8 Å². The van der Waals surface area contributed by atoms with Crippen LogP contribution in [-0.2, 0) is 18.6 Å². The van der Waals surface area contributed by atoms with Gasteiger partial charge in [0.15, 0.2) is 5.54 Å². The summed E-state index contributed by atoms with van der Waals surface area (Å²) in [6.45, 7) is 8.05. The Bertz CT molecular complexity index is 1800.